The summed E-state index contributed by atoms with van der Waals surface area (Å²) in [4.78, 5) is 3.89. The van der Waals surface area contributed by atoms with E-state index in [2.05, 4.69) is 19.9 Å². The number of nitrogens with one attached hydrogen (secondary N) is 1. The molecular weight excluding hydrogens is 298 g/mol. The molecule has 2 rings (SSSR count). The van der Waals surface area contributed by atoms with E-state index in [1.54, 1.807) is 6.07 Å². The van der Waals surface area contributed by atoms with Crippen molar-refractivity contribution in [3.8, 4) is 5.75 Å². The van der Waals surface area contributed by atoms with E-state index < -0.39 is 6.61 Å². The molecule has 0 amide bonds. The Kier molecular flexibility index (Phi) is 4.43. The number of alkyl halides is 2. The van der Waals surface area contributed by atoms with Crippen molar-refractivity contribution in [2.75, 3.05) is 5.73 Å². The quantitative estimate of drug-likeness (QED) is 0.831. The zero-order valence-corrected chi connectivity index (χ0v) is 11.0. The fourth-order valence-corrected chi connectivity index (χ4v) is 2.31. The minimum atomic E-state index is -2.89. The number of rotatable bonds is 5. The molecule has 1 heterocycles. The lowest BCUT2D eigenvalue weighted by Gasteiger charge is -2.10. The van der Waals surface area contributed by atoms with E-state index in [1.165, 1.54) is 23.9 Å². The predicted octanol–water partition coefficient (Wildman–Crippen LogP) is 2.93. The van der Waals surface area contributed by atoms with E-state index in [1.807, 2.05) is 0 Å². The second-order valence-corrected chi connectivity index (χ2v) is 4.80. The smallest absolute Gasteiger partial charge is 0.387 e. The second kappa shape index (κ2) is 6.07. The summed E-state index contributed by atoms with van der Waals surface area (Å²) in [6, 6.07) is 4.44. The van der Waals surface area contributed by atoms with E-state index in [-0.39, 0.29) is 11.7 Å². The Morgan fingerprint density at radius 3 is 2.89 bits per heavy atom. The van der Waals surface area contributed by atoms with Crippen molar-refractivity contribution in [2.24, 2.45) is 0 Å². The van der Waals surface area contributed by atoms with Gasteiger partial charge in [0.2, 0.25) is 11.1 Å². The maximum Gasteiger partial charge on any atom is 0.387 e. The molecule has 0 bridgehead atoms. The van der Waals surface area contributed by atoms with Crippen LogP contribution in [-0.2, 0) is 5.75 Å². The van der Waals surface area contributed by atoms with Crippen molar-refractivity contribution in [2.45, 2.75) is 17.5 Å². The number of nitrogen functional groups attached to an aromatic ring is 1. The van der Waals surface area contributed by atoms with Gasteiger partial charge in [0.15, 0.2) is 0 Å². The fourth-order valence-electron chi connectivity index (χ4n) is 1.34. The lowest BCUT2D eigenvalue weighted by atomic mass is 10.2. The van der Waals surface area contributed by atoms with Crippen molar-refractivity contribution < 1.29 is 13.5 Å². The molecule has 2 aromatic rings. The number of nitrogens with two attached hydrogens (primary N) is 1. The Labute approximate surface area is 116 Å². The van der Waals surface area contributed by atoms with Gasteiger partial charge in [-0.15, -0.1) is 5.10 Å². The lowest BCUT2D eigenvalue weighted by Crippen LogP contribution is -2.04. The van der Waals surface area contributed by atoms with Crippen LogP contribution in [-0.4, -0.2) is 21.8 Å². The first-order valence-corrected chi connectivity index (χ1v) is 6.45. The van der Waals surface area contributed by atoms with Gasteiger partial charge >= 0.3 is 6.61 Å². The van der Waals surface area contributed by atoms with Crippen LogP contribution >= 0.6 is 23.4 Å². The number of ether oxygens (including phenoxy) is 1. The van der Waals surface area contributed by atoms with Crippen LogP contribution in [0.15, 0.2) is 23.4 Å². The van der Waals surface area contributed by atoms with Gasteiger partial charge in [-0.1, -0.05) is 23.4 Å². The van der Waals surface area contributed by atoms with Crippen LogP contribution in [0.1, 0.15) is 5.56 Å². The SMILES string of the molecule is Nc1nc(SCc2cc(Cl)ccc2OC(F)F)n[nH]1. The number of hydrogen-bond acceptors (Lipinski definition) is 5. The van der Waals surface area contributed by atoms with Gasteiger partial charge in [0.25, 0.3) is 0 Å². The molecule has 5 nitrogen and oxygen atoms in total. The predicted molar refractivity (Wildman–Crippen MR) is 68.4 cm³/mol. The van der Waals surface area contributed by atoms with Gasteiger partial charge in [-0.3, -0.25) is 0 Å². The number of benzene rings is 1. The molecule has 0 atom stereocenters. The summed E-state index contributed by atoms with van der Waals surface area (Å²) in [5, 5.41) is 7.16. The summed E-state index contributed by atoms with van der Waals surface area (Å²) in [5.74, 6) is 0.605. The third kappa shape index (κ3) is 3.97. The number of thioether (sulfide) groups is 1. The van der Waals surface area contributed by atoms with Crippen LogP contribution in [0.5, 0.6) is 5.75 Å². The molecule has 1 aromatic heterocycles. The largest absolute Gasteiger partial charge is 0.435 e. The summed E-state index contributed by atoms with van der Waals surface area (Å²) < 4.78 is 28.9. The maximum absolute atomic E-state index is 12.3. The maximum atomic E-state index is 12.3. The van der Waals surface area contributed by atoms with E-state index in [4.69, 9.17) is 17.3 Å². The van der Waals surface area contributed by atoms with Crippen LogP contribution in [0.4, 0.5) is 14.7 Å². The first-order valence-electron chi connectivity index (χ1n) is 5.08. The molecule has 0 radical (unpaired) electrons. The van der Waals surface area contributed by atoms with Crippen molar-refractivity contribution in [3.63, 3.8) is 0 Å². The Bertz CT molecular complexity index is 566. The molecule has 0 spiro atoms. The van der Waals surface area contributed by atoms with E-state index in [9.17, 15) is 8.78 Å². The van der Waals surface area contributed by atoms with Gasteiger partial charge in [-0.25, -0.2) is 5.10 Å². The van der Waals surface area contributed by atoms with Crippen LogP contribution in [0.3, 0.4) is 0 Å². The number of aromatic amines is 1. The zero-order valence-electron chi connectivity index (χ0n) is 9.44. The highest BCUT2D eigenvalue weighted by Gasteiger charge is 2.11. The average Bonchev–Trinajstić information content (AvgIpc) is 2.75. The molecule has 0 saturated carbocycles. The zero-order chi connectivity index (χ0) is 13.8. The number of hydrogen-bond donors (Lipinski definition) is 2. The molecule has 9 heteroatoms. The van der Waals surface area contributed by atoms with Crippen LogP contribution in [0.25, 0.3) is 0 Å². The summed E-state index contributed by atoms with van der Waals surface area (Å²) in [6.45, 7) is -2.89. The minimum Gasteiger partial charge on any atom is -0.435 e. The van der Waals surface area contributed by atoms with Crippen molar-refractivity contribution in [1.82, 2.24) is 15.2 Å². The third-order valence-corrected chi connectivity index (χ3v) is 3.21. The fraction of sp³-hybridized carbons (Fsp3) is 0.200. The Morgan fingerprint density at radius 2 is 2.26 bits per heavy atom. The highest BCUT2D eigenvalue weighted by atomic mass is 35.5. The summed E-state index contributed by atoms with van der Waals surface area (Å²) in [5.41, 5.74) is 5.91. The monoisotopic (exact) mass is 306 g/mol. The van der Waals surface area contributed by atoms with E-state index in [0.29, 0.717) is 21.5 Å². The highest BCUT2D eigenvalue weighted by Crippen LogP contribution is 2.29. The standard InChI is InChI=1S/C10H9ClF2N4OS/c11-6-1-2-7(18-8(12)13)5(3-6)4-19-10-15-9(14)16-17-10/h1-3,8H,4H2,(H3,14,15,16,17). The molecule has 0 aliphatic rings. The van der Waals surface area contributed by atoms with E-state index in [0.717, 1.165) is 0 Å². The van der Waals surface area contributed by atoms with Crippen molar-refractivity contribution >= 4 is 29.3 Å². The molecule has 1 aromatic carbocycles. The molecule has 19 heavy (non-hydrogen) atoms. The number of halogens is 3. The first-order chi connectivity index (χ1) is 9.04. The number of H-pyrrole nitrogens is 1. The number of nitrogens with zero attached hydrogens (tertiary/aromatic N) is 2. The Morgan fingerprint density at radius 1 is 1.47 bits per heavy atom. The highest BCUT2D eigenvalue weighted by molar-refractivity contribution is 7.98. The van der Waals surface area contributed by atoms with Gasteiger partial charge in [-0.2, -0.15) is 13.8 Å². The molecule has 102 valence electrons. The molecule has 3 N–H and O–H groups in total. The van der Waals surface area contributed by atoms with Gasteiger partial charge in [0, 0.05) is 16.3 Å². The van der Waals surface area contributed by atoms with E-state index >= 15 is 0 Å². The number of aromatic nitrogens is 3. The van der Waals surface area contributed by atoms with Gasteiger partial charge in [0.05, 0.1) is 0 Å². The molecule has 0 fully saturated rings. The molecule has 0 aliphatic heterocycles. The first kappa shape index (κ1) is 13.9. The van der Waals surface area contributed by atoms with Crippen molar-refractivity contribution in [3.05, 3.63) is 28.8 Å². The van der Waals surface area contributed by atoms with Crippen LogP contribution < -0.4 is 10.5 Å². The average molecular weight is 307 g/mol. The second-order valence-electron chi connectivity index (χ2n) is 3.42. The third-order valence-electron chi connectivity index (χ3n) is 2.08. The van der Waals surface area contributed by atoms with Gasteiger partial charge in [-0.05, 0) is 18.2 Å². The molecular formula is C10H9ClF2N4OS. The summed E-state index contributed by atoms with van der Waals surface area (Å²) >= 11 is 7.06. The molecule has 0 unspecified atom stereocenters. The van der Waals surface area contributed by atoms with Gasteiger partial charge in [0.1, 0.15) is 5.75 Å². The summed E-state index contributed by atoms with van der Waals surface area (Å²) in [7, 11) is 0. The number of anilines is 1. The van der Waals surface area contributed by atoms with Gasteiger partial charge < -0.3 is 10.5 Å². The molecule has 0 saturated heterocycles. The Balaban J connectivity index is 2.11. The van der Waals surface area contributed by atoms with Crippen LogP contribution in [0.2, 0.25) is 5.02 Å². The Hall–Kier alpha value is -1.54. The topological polar surface area (TPSA) is 76.8 Å². The minimum absolute atomic E-state index is 0.0791. The molecule has 0 aliphatic carbocycles. The summed E-state index contributed by atoms with van der Waals surface area (Å²) in [6.07, 6.45) is 0. The van der Waals surface area contributed by atoms with Crippen molar-refractivity contribution in [1.29, 1.82) is 0 Å². The normalized spacial score (nSPS) is 10.9. The van der Waals surface area contributed by atoms with Crippen LogP contribution in [0, 0.1) is 0 Å². The lowest BCUT2D eigenvalue weighted by molar-refractivity contribution is -0.0503.